The highest BCUT2D eigenvalue weighted by Crippen LogP contribution is 2.39. The summed E-state index contributed by atoms with van der Waals surface area (Å²) in [6, 6.07) is 1.77. The smallest absolute Gasteiger partial charge is 0.275 e. The summed E-state index contributed by atoms with van der Waals surface area (Å²) in [4.78, 5) is 29.3. The van der Waals surface area contributed by atoms with Gasteiger partial charge in [0.15, 0.2) is 5.69 Å². The van der Waals surface area contributed by atoms with E-state index in [1.807, 2.05) is 6.92 Å². The number of rotatable bonds is 3. The third kappa shape index (κ3) is 2.52. The van der Waals surface area contributed by atoms with E-state index in [-0.39, 0.29) is 18.4 Å². The maximum Gasteiger partial charge on any atom is 0.275 e. The zero-order valence-electron chi connectivity index (χ0n) is 13.8. The van der Waals surface area contributed by atoms with Crippen LogP contribution in [0.15, 0.2) is 6.07 Å². The average Bonchev–Trinajstić information content (AvgIpc) is 3.09. The zero-order valence-corrected chi connectivity index (χ0v) is 13.8. The van der Waals surface area contributed by atoms with Gasteiger partial charge in [-0.05, 0) is 38.7 Å². The molecular formula is C16H24N4O3. The van der Waals surface area contributed by atoms with E-state index in [4.69, 9.17) is 5.11 Å². The Bertz CT molecular complexity index is 605. The van der Waals surface area contributed by atoms with E-state index in [0.29, 0.717) is 38.2 Å². The van der Waals surface area contributed by atoms with E-state index in [1.165, 1.54) is 0 Å². The van der Waals surface area contributed by atoms with Gasteiger partial charge in [0, 0.05) is 32.4 Å². The van der Waals surface area contributed by atoms with Crippen LogP contribution in [0, 0.1) is 6.92 Å². The van der Waals surface area contributed by atoms with Gasteiger partial charge in [0.1, 0.15) is 5.54 Å². The number of amides is 2. The molecular weight excluding hydrogens is 296 g/mol. The van der Waals surface area contributed by atoms with Crippen LogP contribution in [0.4, 0.5) is 0 Å². The Morgan fingerprint density at radius 1 is 1.35 bits per heavy atom. The van der Waals surface area contributed by atoms with E-state index in [9.17, 15) is 9.59 Å². The van der Waals surface area contributed by atoms with Gasteiger partial charge in [-0.15, -0.1) is 0 Å². The molecule has 7 heteroatoms. The molecule has 3 rings (SSSR count). The van der Waals surface area contributed by atoms with Crippen molar-refractivity contribution in [3.63, 3.8) is 0 Å². The fourth-order valence-corrected chi connectivity index (χ4v) is 3.86. The topological polar surface area (TPSA) is 78.7 Å². The molecule has 0 aromatic carbocycles. The molecule has 1 N–H and O–H groups in total. The van der Waals surface area contributed by atoms with Crippen molar-refractivity contribution in [3.05, 3.63) is 17.5 Å². The van der Waals surface area contributed by atoms with Crippen molar-refractivity contribution in [1.82, 2.24) is 19.6 Å². The van der Waals surface area contributed by atoms with Gasteiger partial charge in [-0.1, -0.05) is 0 Å². The predicted molar refractivity (Wildman–Crippen MR) is 83.8 cm³/mol. The largest absolute Gasteiger partial charge is 0.395 e. The summed E-state index contributed by atoms with van der Waals surface area (Å²) in [5, 5.41) is 13.4. The summed E-state index contributed by atoms with van der Waals surface area (Å²) in [5.41, 5.74) is 0.576. The molecule has 7 nitrogen and oxygen atoms in total. The highest BCUT2D eigenvalue weighted by Gasteiger charge is 2.52. The van der Waals surface area contributed by atoms with Crippen molar-refractivity contribution in [2.45, 2.75) is 38.1 Å². The van der Waals surface area contributed by atoms with Crippen molar-refractivity contribution in [3.8, 4) is 0 Å². The van der Waals surface area contributed by atoms with Crippen LogP contribution in [0.2, 0.25) is 0 Å². The van der Waals surface area contributed by atoms with Gasteiger partial charge in [0.2, 0.25) is 5.91 Å². The fourth-order valence-electron chi connectivity index (χ4n) is 3.86. The van der Waals surface area contributed by atoms with E-state index in [0.717, 1.165) is 18.5 Å². The number of carbonyl (C=O) groups excluding carboxylic acids is 2. The van der Waals surface area contributed by atoms with Crippen LogP contribution in [-0.4, -0.2) is 68.3 Å². The number of aliphatic hydroxyl groups is 1. The third-order valence-corrected chi connectivity index (χ3v) is 5.14. The minimum atomic E-state index is -0.740. The molecule has 3 heterocycles. The lowest BCUT2D eigenvalue weighted by Crippen LogP contribution is -2.61. The number of nitrogens with zero attached hydrogens (tertiary/aromatic N) is 4. The van der Waals surface area contributed by atoms with Crippen LogP contribution in [0.25, 0.3) is 0 Å². The van der Waals surface area contributed by atoms with Crippen molar-refractivity contribution >= 4 is 11.8 Å². The minimum absolute atomic E-state index is 0.0173. The number of aromatic nitrogens is 2. The quantitative estimate of drug-likeness (QED) is 0.870. The number of carbonyl (C=O) groups is 2. The van der Waals surface area contributed by atoms with E-state index >= 15 is 0 Å². The Morgan fingerprint density at radius 2 is 2.04 bits per heavy atom. The Morgan fingerprint density at radius 3 is 2.65 bits per heavy atom. The first kappa shape index (κ1) is 16.0. The van der Waals surface area contributed by atoms with Gasteiger partial charge in [0.25, 0.3) is 5.91 Å². The number of likely N-dealkylation sites (tertiary alicyclic amines) is 2. The average molecular weight is 320 g/mol. The summed E-state index contributed by atoms with van der Waals surface area (Å²) in [7, 11) is 1.81. The second-order valence-electron chi connectivity index (χ2n) is 6.51. The van der Waals surface area contributed by atoms with Crippen LogP contribution >= 0.6 is 0 Å². The molecule has 2 aliphatic rings. The molecule has 0 radical (unpaired) electrons. The van der Waals surface area contributed by atoms with Crippen LogP contribution < -0.4 is 0 Å². The van der Waals surface area contributed by atoms with Crippen LogP contribution in [0.1, 0.15) is 41.9 Å². The van der Waals surface area contributed by atoms with Crippen LogP contribution in [-0.2, 0) is 11.8 Å². The summed E-state index contributed by atoms with van der Waals surface area (Å²) >= 11 is 0. The minimum Gasteiger partial charge on any atom is -0.395 e. The molecule has 1 atom stereocenters. The first-order valence-corrected chi connectivity index (χ1v) is 8.22. The molecule has 2 saturated heterocycles. The zero-order chi connectivity index (χ0) is 16.6. The first-order valence-electron chi connectivity index (χ1n) is 8.22. The number of hydrogen-bond donors (Lipinski definition) is 1. The second-order valence-corrected chi connectivity index (χ2v) is 6.51. The molecule has 2 fully saturated rings. The molecule has 23 heavy (non-hydrogen) atoms. The van der Waals surface area contributed by atoms with Crippen molar-refractivity contribution < 1.29 is 14.7 Å². The lowest BCUT2D eigenvalue weighted by molar-refractivity contribution is -0.146. The highest BCUT2D eigenvalue weighted by atomic mass is 16.3. The Labute approximate surface area is 135 Å². The van der Waals surface area contributed by atoms with Gasteiger partial charge in [-0.3, -0.25) is 14.3 Å². The lowest BCUT2D eigenvalue weighted by Gasteiger charge is -2.44. The molecule has 0 bridgehead atoms. The molecule has 1 unspecified atom stereocenters. The summed E-state index contributed by atoms with van der Waals surface area (Å²) in [5.74, 6) is -0.179. The van der Waals surface area contributed by atoms with Crippen molar-refractivity contribution in [1.29, 1.82) is 0 Å². The maximum atomic E-state index is 13.0. The normalized spacial score (nSPS) is 24.7. The summed E-state index contributed by atoms with van der Waals surface area (Å²) < 4.78 is 1.68. The summed E-state index contributed by atoms with van der Waals surface area (Å²) in [6.07, 6.45) is 3.09. The van der Waals surface area contributed by atoms with Gasteiger partial charge >= 0.3 is 0 Å². The summed E-state index contributed by atoms with van der Waals surface area (Å²) in [6.45, 7) is 3.44. The standard InChI is InChI=1S/C16H24N4O3/c1-12-11-13(17-18(12)2)14(22)20-8-4-6-16(20)5-3-7-19(9-10-21)15(16)23/h11,21H,3-10H2,1-2H3. The fraction of sp³-hybridized carbons (Fsp3) is 0.688. The van der Waals surface area contributed by atoms with E-state index in [1.54, 1.807) is 27.6 Å². The molecule has 0 aliphatic carbocycles. The predicted octanol–water partition coefficient (Wildman–Crippen LogP) is 0.318. The van der Waals surface area contributed by atoms with Crippen molar-refractivity contribution in [2.75, 3.05) is 26.2 Å². The molecule has 1 aromatic heterocycles. The van der Waals surface area contributed by atoms with Crippen molar-refractivity contribution in [2.24, 2.45) is 7.05 Å². The maximum absolute atomic E-state index is 13.0. The molecule has 1 aromatic rings. The molecule has 1 spiro atoms. The number of hydrogen-bond acceptors (Lipinski definition) is 4. The number of aliphatic hydroxyl groups excluding tert-OH is 1. The van der Waals surface area contributed by atoms with E-state index < -0.39 is 5.54 Å². The van der Waals surface area contributed by atoms with Gasteiger partial charge < -0.3 is 14.9 Å². The molecule has 126 valence electrons. The Kier molecular flexibility index (Phi) is 4.14. The second kappa shape index (κ2) is 5.96. The monoisotopic (exact) mass is 320 g/mol. The Hall–Kier alpha value is -1.89. The van der Waals surface area contributed by atoms with Gasteiger partial charge in [-0.25, -0.2) is 0 Å². The van der Waals surface area contributed by atoms with Gasteiger partial charge in [-0.2, -0.15) is 5.10 Å². The van der Waals surface area contributed by atoms with Crippen LogP contribution in [0.5, 0.6) is 0 Å². The lowest BCUT2D eigenvalue weighted by atomic mass is 9.85. The first-order chi connectivity index (χ1) is 11.0. The SMILES string of the molecule is Cc1cc(C(=O)N2CCCC23CCCN(CCO)C3=O)nn1C. The Balaban J connectivity index is 1.89. The number of piperidine rings is 1. The number of β-amino-alcohol motifs (C(OH)–C–C–N with tert-alkyl or cyclic N) is 1. The molecule has 2 aliphatic heterocycles. The highest BCUT2D eigenvalue weighted by molar-refractivity contribution is 5.99. The molecule has 2 amide bonds. The van der Waals surface area contributed by atoms with Gasteiger partial charge in [0.05, 0.1) is 6.61 Å². The molecule has 0 saturated carbocycles. The van der Waals surface area contributed by atoms with E-state index in [2.05, 4.69) is 5.10 Å². The third-order valence-electron chi connectivity index (χ3n) is 5.14. The van der Waals surface area contributed by atoms with Crippen LogP contribution in [0.3, 0.4) is 0 Å². The number of aryl methyl sites for hydroxylation is 2.